The van der Waals surface area contributed by atoms with Gasteiger partial charge in [0.15, 0.2) is 0 Å². The zero-order valence-corrected chi connectivity index (χ0v) is 24.9. The lowest BCUT2D eigenvalue weighted by Gasteiger charge is -2.32. The van der Waals surface area contributed by atoms with E-state index in [2.05, 4.69) is 5.32 Å². The Balaban J connectivity index is 2.27. The molecule has 0 saturated carbocycles. The molecule has 0 heterocycles. The molecule has 2 amide bonds. The molecule has 0 aliphatic carbocycles. The van der Waals surface area contributed by atoms with Crippen molar-refractivity contribution in [2.75, 3.05) is 24.2 Å². The number of hydrogen-bond acceptors (Lipinski definition) is 5. The van der Waals surface area contributed by atoms with Gasteiger partial charge in [-0.2, -0.15) is 0 Å². The molecule has 1 N–H and O–H groups in total. The lowest BCUT2D eigenvalue weighted by Crippen LogP contribution is -2.50. The predicted molar refractivity (Wildman–Crippen MR) is 153 cm³/mol. The first-order valence-corrected chi connectivity index (χ1v) is 15.2. The van der Waals surface area contributed by atoms with Crippen LogP contribution >= 0.6 is 23.2 Å². The van der Waals surface area contributed by atoms with Crippen LogP contribution in [0.5, 0.6) is 5.75 Å². The first-order valence-electron chi connectivity index (χ1n) is 12.6. The van der Waals surface area contributed by atoms with Crippen molar-refractivity contribution in [3.8, 4) is 5.75 Å². The minimum absolute atomic E-state index is 0.0252. The molecule has 38 heavy (non-hydrogen) atoms. The maximum absolute atomic E-state index is 13.6. The third kappa shape index (κ3) is 8.78. The molecule has 2 rings (SSSR count). The Morgan fingerprint density at radius 3 is 2.13 bits per heavy atom. The topological polar surface area (TPSA) is 96.0 Å². The highest BCUT2D eigenvalue weighted by atomic mass is 35.5. The first kappa shape index (κ1) is 31.7. The van der Waals surface area contributed by atoms with Gasteiger partial charge in [0, 0.05) is 41.2 Å². The predicted octanol–water partition coefficient (Wildman–Crippen LogP) is 5.27. The first-order chi connectivity index (χ1) is 17.9. The van der Waals surface area contributed by atoms with Crippen molar-refractivity contribution in [2.45, 2.75) is 65.1 Å². The van der Waals surface area contributed by atoms with Gasteiger partial charge in [-0.15, -0.1) is 0 Å². The average molecular weight is 587 g/mol. The Morgan fingerprint density at radius 2 is 1.63 bits per heavy atom. The van der Waals surface area contributed by atoms with Crippen LogP contribution in [0.3, 0.4) is 0 Å². The molecule has 210 valence electrons. The molecule has 0 bridgehead atoms. The van der Waals surface area contributed by atoms with Crippen LogP contribution in [0.25, 0.3) is 0 Å². The quantitative estimate of drug-likeness (QED) is 0.326. The standard InChI is InChI=1S/C27H37Cl2N3O5S/c1-6-19(3)30-27(34)25(7-2)31(18-22-23(28)10-8-11-24(22)29)26(33)12-9-17-32(38(5,35)36)20-13-15-21(37-4)16-14-20/h8,10-11,13-16,19,25H,6-7,9,12,17-18H2,1-5H3,(H,30,34)/t19-,25-/m0/s1. The molecule has 0 saturated heterocycles. The molecule has 0 aliphatic rings. The van der Waals surface area contributed by atoms with Gasteiger partial charge in [0.2, 0.25) is 21.8 Å². The van der Waals surface area contributed by atoms with E-state index in [1.54, 1.807) is 42.5 Å². The van der Waals surface area contributed by atoms with E-state index in [0.717, 1.165) is 12.7 Å². The summed E-state index contributed by atoms with van der Waals surface area (Å²) in [4.78, 5) is 28.2. The number of carbonyl (C=O) groups excluding carboxylic acids is 2. The monoisotopic (exact) mass is 585 g/mol. The maximum Gasteiger partial charge on any atom is 0.243 e. The summed E-state index contributed by atoms with van der Waals surface area (Å²) in [6.07, 6.45) is 2.53. The van der Waals surface area contributed by atoms with E-state index in [9.17, 15) is 18.0 Å². The van der Waals surface area contributed by atoms with E-state index in [0.29, 0.717) is 33.5 Å². The molecule has 11 heteroatoms. The number of anilines is 1. The number of benzene rings is 2. The van der Waals surface area contributed by atoms with Gasteiger partial charge in [-0.05, 0) is 62.6 Å². The Labute approximate surface area is 236 Å². The minimum atomic E-state index is -3.60. The Morgan fingerprint density at radius 1 is 1.03 bits per heavy atom. The second-order valence-corrected chi connectivity index (χ2v) is 11.8. The normalized spacial score (nSPS) is 12.9. The fourth-order valence-electron chi connectivity index (χ4n) is 3.97. The molecule has 2 aromatic carbocycles. The van der Waals surface area contributed by atoms with E-state index < -0.39 is 16.1 Å². The van der Waals surface area contributed by atoms with E-state index >= 15 is 0 Å². The summed E-state index contributed by atoms with van der Waals surface area (Å²) < 4.78 is 31.4. The number of hydrogen-bond donors (Lipinski definition) is 1. The number of amides is 2. The van der Waals surface area contributed by atoms with Crippen LogP contribution in [0.2, 0.25) is 10.0 Å². The van der Waals surface area contributed by atoms with Crippen LogP contribution in [0.4, 0.5) is 5.69 Å². The molecule has 2 aromatic rings. The highest BCUT2D eigenvalue weighted by molar-refractivity contribution is 7.92. The van der Waals surface area contributed by atoms with E-state index in [1.807, 2.05) is 20.8 Å². The molecule has 0 radical (unpaired) electrons. The molecule has 0 aliphatic heterocycles. The van der Waals surface area contributed by atoms with Crippen molar-refractivity contribution >= 4 is 50.7 Å². The van der Waals surface area contributed by atoms with Crippen LogP contribution in [-0.4, -0.2) is 57.1 Å². The largest absolute Gasteiger partial charge is 0.497 e. The highest BCUT2D eigenvalue weighted by Crippen LogP contribution is 2.28. The zero-order chi connectivity index (χ0) is 28.5. The maximum atomic E-state index is 13.6. The summed E-state index contributed by atoms with van der Waals surface area (Å²) in [5, 5.41) is 3.76. The van der Waals surface area contributed by atoms with Crippen molar-refractivity contribution in [3.05, 3.63) is 58.1 Å². The number of carbonyl (C=O) groups is 2. The van der Waals surface area contributed by atoms with Gasteiger partial charge in [0.1, 0.15) is 11.8 Å². The van der Waals surface area contributed by atoms with Gasteiger partial charge in [-0.3, -0.25) is 13.9 Å². The van der Waals surface area contributed by atoms with Gasteiger partial charge in [0.05, 0.1) is 19.1 Å². The minimum Gasteiger partial charge on any atom is -0.497 e. The van der Waals surface area contributed by atoms with E-state index in [4.69, 9.17) is 27.9 Å². The Bertz CT molecular complexity index is 1170. The number of rotatable bonds is 14. The summed E-state index contributed by atoms with van der Waals surface area (Å²) in [6.45, 7) is 5.85. The number of methoxy groups -OCH3 is 1. The van der Waals surface area contributed by atoms with Gasteiger partial charge >= 0.3 is 0 Å². The summed E-state index contributed by atoms with van der Waals surface area (Å²) >= 11 is 12.8. The highest BCUT2D eigenvalue weighted by Gasteiger charge is 2.30. The molecular formula is C27H37Cl2N3O5S. The van der Waals surface area contributed by atoms with Crippen LogP contribution in [0.15, 0.2) is 42.5 Å². The number of ether oxygens (including phenoxy) is 1. The smallest absolute Gasteiger partial charge is 0.243 e. The number of halogens is 2. The summed E-state index contributed by atoms with van der Waals surface area (Å²) in [7, 11) is -2.07. The van der Waals surface area contributed by atoms with Crippen LogP contribution in [-0.2, 0) is 26.2 Å². The fourth-order valence-corrected chi connectivity index (χ4v) is 5.45. The van der Waals surface area contributed by atoms with Gasteiger partial charge in [-0.1, -0.05) is 43.1 Å². The third-order valence-corrected chi connectivity index (χ3v) is 8.19. The number of sulfonamides is 1. The van der Waals surface area contributed by atoms with Crippen molar-refractivity contribution < 1.29 is 22.7 Å². The van der Waals surface area contributed by atoms with Crippen molar-refractivity contribution in [3.63, 3.8) is 0 Å². The Kier molecular flexibility index (Phi) is 12.2. The second kappa shape index (κ2) is 14.6. The van der Waals surface area contributed by atoms with Gasteiger partial charge < -0.3 is 15.0 Å². The number of nitrogens with one attached hydrogen (secondary N) is 1. The lowest BCUT2D eigenvalue weighted by atomic mass is 10.1. The second-order valence-electron chi connectivity index (χ2n) is 9.10. The summed E-state index contributed by atoms with van der Waals surface area (Å²) in [5.74, 6) is 0.0530. The molecule has 8 nitrogen and oxygen atoms in total. The third-order valence-electron chi connectivity index (χ3n) is 6.29. The lowest BCUT2D eigenvalue weighted by molar-refractivity contribution is -0.141. The fraction of sp³-hybridized carbons (Fsp3) is 0.481. The average Bonchev–Trinajstić information content (AvgIpc) is 2.87. The molecular weight excluding hydrogens is 549 g/mol. The van der Waals surface area contributed by atoms with Crippen molar-refractivity contribution in [1.29, 1.82) is 0 Å². The Hall–Kier alpha value is -2.49. The van der Waals surface area contributed by atoms with E-state index in [1.165, 1.54) is 16.3 Å². The van der Waals surface area contributed by atoms with Crippen LogP contribution < -0.4 is 14.4 Å². The van der Waals surface area contributed by atoms with Gasteiger partial charge in [-0.25, -0.2) is 8.42 Å². The van der Waals surface area contributed by atoms with Gasteiger partial charge in [0.25, 0.3) is 0 Å². The van der Waals surface area contributed by atoms with Crippen molar-refractivity contribution in [1.82, 2.24) is 10.2 Å². The summed E-state index contributed by atoms with van der Waals surface area (Å²) in [6, 6.07) is 11.0. The zero-order valence-electron chi connectivity index (χ0n) is 22.5. The molecule has 0 spiro atoms. The SMILES string of the molecule is CC[C@H](C)NC(=O)[C@H](CC)N(Cc1c(Cl)cccc1Cl)C(=O)CCCN(c1ccc(OC)cc1)S(C)(=O)=O. The van der Waals surface area contributed by atoms with Crippen molar-refractivity contribution in [2.24, 2.45) is 0 Å². The summed E-state index contributed by atoms with van der Waals surface area (Å²) in [5.41, 5.74) is 1.02. The van der Waals surface area contributed by atoms with E-state index in [-0.39, 0.29) is 43.8 Å². The molecule has 0 aromatic heterocycles. The van der Waals surface area contributed by atoms with Crippen LogP contribution in [0, 0.1) is 0 Å². The molecule has 2 atom stereocenters. The molecule has 0 fully saturated rings. The van der Waals surface area contributed by atoms with Crippen LogP contribution in [0.1, 0.15) is 52.0 Å². The molecule has 0 unspecified atom stereocenters. The number of nitrogens with zero attached hydrogens (tertiary/aromatic N) is 2.